The van der Waals surface area contributed by atoms with E-state index in [9.17, 15) is 34.5 Å². The molecule has 1 heterocycles. The van der Waals surface area contributed by atoms with Gasteiger partial charge < -0.3 is 41.1 Å². The number of rotatable bonds is 3. The first kappa shape index (κ1) is 24.5. The molecule has 2 rings (SSSR count). The summed E-state index contributed by atoms with van der Waals surface area (Å²) in [7, 11) is 0. The highest BCUT2D eigenvalue weighted by Gasteiger charge is 2.23. The lowest BCUT2D eigenvalue weighted by atomic mass is 10.2. The predicted molar refractivity (Wildman–Crippen MR) is 115 cm³/mol. The van der Waals surface area contributed by atoms with Crippen molar-refractivity contribution in [1.29, 1.82) is 0 Å². The number of hydrogen-bond acceptors (Lipinski definition) is 6. The maximum absolute atomic E-state index is 12.5. The van der Waals surface area contributed by atoms with Gasteiger partial charge in [-0.1, -0.05) is 12.1 Å². The van der Waals surface area contributed by atoms with Crippen LogP contribution in [0.3, 0.4) is 0 Å². The second kappa shape index (κ2) is 11.6. The van der Waals surface area contributed by atoms with Gasteiger partial charge in [0.25, 0.3) is 0 Å². The van der Waals surface area contributed by atoms with Crippen molar-refractivity contribution < 1.29 is 34.5 Å². The van der Waals surface area contributed by atoms with Crippen molar-refractivity contribution in [3.63, 3.8) is 0 Å². The second-order valence-corrected chi connectivity index (χ2v) is 7.22. The summed E-state index contributed by atoms with van der Waals surface area (Å²) < 4.78 is 0. The van der Waals surface area contributed by atoms with Crippen molar-refractivity contribution in [3.8, 4) is 0 Å². The zero-order valence-corrected chi connectivity index (χ0v) is 17.5. The number of benzene rings is 1. The van der Waals surface area contributed by atoms with Crippen LogP contribution in [0.15, 0.2) is 24.3 Å². The highest BCUT2D eigenvalue weighted by atomic mass is 16.4. The summed E-state index contributed by atoms with van der Waals surface area (Å²) in [5.74, 6) is -0.379. The van der Waals surface area contributed by atoms with E-state index in [0.717, 1.165) is 14.7 Å². The molecule has 0 bridgehead atoms. The van der Waals surface area contributed by atoms with Crippen LogP contribution in [-0.4, -0.2) is 118 Å². The van der Waals surface area contributed by atoms with Gasteiger partial charge in [0.2, 0.25) is 5.91 Å². The molecule has 6 N–H and O–H groups in total. The van der Waals surface area contributed by atoms with Crippen LogP contribution in [0.5, 0.6) is 0 Å². The predicted octanol–water partition coefficient (Wildman–Crippen LogP) is 0.463. The van der Waals surface area contributed by atoms with Gasteiger partial charge in [-0.05, 0) is 12.1 Å². The Morgan fingerprint density at radius 2 is 1.16 bits per heavy atom. The lowest BCUT2D eigenvalue weighted by Crippen LogP contribution is -2.49. The molecule has 1 saturated heterocycles. The SMILES string of the molecule is Nc1ccccc1NC(=O)CN1CCN(C(=O)O)CCN(C(=O)O)CCN(C(=O)O)CC1. The Hall–Kier alpha value is -3.74. The summed E-state index contributed by atoms with van der Waals surface area (Å²) in [6, 6.07) is 6.74. The van der Waals surface area contributed by atoms with Crippen LogP contribution < -0.4 is 11.1 Å². The van der Waals surface area contributed by atoms with Crippen molar-refractivity contribution in [3.05, 3.63) is 24.3 Å². The minimum atomic E-state index is -1.25. The number of carbonyl (C=O) groups is 4. The van der Waals surface area contributed by atoms with Crippen LogP contribution in [0.25, 0.3) is 0 Å². The topological polar surface area (TPSA) is 180 Å². The van der Waals surface area contributed by atoms with Crippen molar-refractivity contribution in [1.82, 2.24) is 19.6 Å². The summed E-state index contributed by atoms with van der Waals surface area (Å²) in [5, 5.41) is 30.9. The van der Waals surface area contributed by atoms with E-state index < -0.39 is 18.3 Å². The molecule has 1 aromatic carbocycles. The molecule has 0 radical (unpaired) electrons. The summed E-state index contributed by atoms with van der Waals surface area (Å²) in [6.45, 7) is -0.0743. The fraction of sp³-hybridized carbons (Fsp3) is 0.474. The number of nitrogens with two attached hydrogens (primary N) is 1. The first-order chi connectivity index (χ1) is 15.2. The number of para-hydroxylation sites is 2. The highest BCUT2D eigenvalue weighted by molar-refractivity contribution is 5.95. The molecule has 0 aromatic heterocycles. The average Bonchev–Trinajstić information content (AvgIpc) is 2.71. The van der Waals surface area contributed by atoms with Crippen LogP contribution in [0.1, 0.15) is 0 Å². The number of carboxylic acid groups (broad SMARTS) is 3. The van der Waals surface area contributed by atoms with Gasteiger partial charge in [-0.15, -0.1) is 0 Å². The fourth-order valence-corrected chi connectivity index (χ4v) is 3.19. The Morgan fingerprint density at radius 3 is 1.56 bits per heavy atom. The first-order valence-corrected chi connectivity index (χ1v) is 9.97. The monoisotopic (exact) mass is 452 g/mol. The standard InChI is InChI=1S/C19H28N6O7/c20-14-3-1-2-4-15(14)21-16(26)13-22-5-7-23(17(27)28)9-11-25(19(31)32)12-10-24(8-6-22)18(29)30/h1-4H,5-13,20H2,(H,21,26)(H,27,28)(H,29,30)(H,31,32). The Bertz CT molecular complexity index is 806. The first-order valence-electron chi connectivity index (χ1n) is 9.97. The molecule has 0 spiro atoms. The van der Waals surface area contributed by atoms with Gasteiger partial charge in [0.1, 0.15) is 0 Å². The van der Waals surface area contributed by atoms with E-state index in [1.165, 1.54) is 0 Å². The van der Waals surface area contributed by atoms with Crippen LogP contribution in [0.2, 0.25) is 0 Å². The van der Waals surface area contributed by atoms with Gasteiger partial charge in [0.15, 0.2) is 0 Å². The maximum Gasteiger partial charge on any atom is 0.407 e. The van der Waals surface area contributed by atoms with Crippen molar-refractivity contribution in [2.45, 2.75) is 0 Å². The molecule has 0 aliphatic carbocycles. The largest absolute Gasteiger partial charge is 0.465 e. The van der Waals surface area contributed by atoms with Gasteiger partial charge >= 0.3 is 18.3 Å². The Balaban J connectivity index is 2.11. The molecule has 32 heavy (non-hydrogen) atoms. The highest BCUT2D eigenvalue weighted by Crippen LogP contribution is 2.16. The van der Waals surface area contributed by atoms with Crippen LogP contribution in [-0.2, 0) is 4.79 Å². The zero-order chi connectivity index (χ0) is 23.7. The summed E-state index contributed by atoms with van der Waals surface area (Å²) in [4.78, 5) is 51.8. The molecule has 176 valence electrons. The van der Waals surface area contributed by atoms with Crippen LogP contribution in [0.4, 0.5) is 25.8 Å². The zero-order valence-electron chi connectivity index (χ0n) is 17.5. The van der Waals surface area contributed by atoms with Crippen molar-refractivity contribution in [2.75, 3.05) is 70.0 Å². The third-order valence-electron chi connectivity index (χ3n) is 5.07. The molecule has 1 aliphatic rings. The van der Waals surface area contributed by atoms with Crippen molar-refractivity contribution >= 4 is 35.6 Å². The molecule has 1 aromatic rings. The number of hydrogen-bond donors (Lipinski definition) is 5. The molecule has 0 atom stereocenters. The Labute approximate surface area is 184 Å². The molecular weight excluding hydrogens is 424 g/mol. The smallest absolute Gasteiger partial charge is 0.407 e. The average molecular weight is 452 g/mol. The summed E-state index contributed by atoms with van der Waals surface area (Å²) in [5.41, 5.74) is 6.67. The van der Waals surface area contributed by atoms with Crippen LogP contribution in [0, 0.1) is 0 Å². The third-order valence-corrected chi connectivity index (χ3v) is 5.07. The quantitative estimate of drug-likeness (QED) is 0.407. The number of nitrogen functional groups attached to an aromatic ring is 1. The number of carbonyl (C=O) groups excluding carboxylic acids is 1. The van der Waals surface area contributed by atoms with Gasteiger partial charge in [-0.25, -0.2) is 14.4 Å². The van der Waals surface area contributed by atoms with Gasteiger partial charge in [-0.2, -0.15) is 0 Å². The lowest BCUT2D eigenvalue weighted by Gasteiger charge is -2.31. The minimum Gasteiger partial charge on any atom is -0.465 e. The summed E-state index contributed by atoms with van der Waals surface area (Å²) >= 11 is 0. The Morgan fingerprint density at radius 1 is 0.750 bits per heavy atom. The van der Waals surface area contributed by atoms with Gasteiger partial charge in [0, 0.05) is 52.4 Å². The van der Waals surface area contributed by atoms with E-state index in [1.807, 2.05) is 0 Å². The van der Waals surface area contributed by atoms with E-state index in [-0.39, 0.29) is 64.8 Å². The fourth-order valence-electron chi connectivity index (χ4n) is 3.19. The lowest BCUT2D eigenvalue weighted by molar-refractivity contribution is -0.117. The molecule has 1 aliphatic heterocycles. The van der Waals surface area contributed by atoms with E-state index in [0.29, 0.717) is 11.4 Å². The number of amides is 4. The summed E-state index contributed by atoms with van der Waals surface area (Å²) in [6.07, 6.45) is -3.67. The molecule has 0 saturated carbocycles. The van der Waals surface area contributed by atoms with Crippen LogP contribution >= 0.6 is 0 Å². The second-order valence-electron chi connectivity index (χ2n) is 7.22. The molecule has 1 fully saturated rings. The third kappa shape index (κ3) is 7.50. The molecule has 13 nitrogen and oxygen atoms in total. The number of anilines is 2. The molecule has 0 unspecified atom stereocenters. The number of nitrogens with zero attached hydrogens (tertiary/aromatic N) is 4. The van der Waals surface area contributed by atoms with Gasteiger partial charge in [-0.3, -0.25) is 9.69 Å². The maximum atomic E-state index is 12.5. The minimum absolute atomic E-state index is 0.0244. The van der Waals surface area contributed by atoms with Crippen molar-refractivity contribution in [2.24, 2.45) is 0 Å². The molecular formula is C19H28N6O7. The number of nitrogens with one attached hydrogen (secondary N) is 1. The van der Waals surface area contributed by atoms with E-state index in [1.54, 1.807) is 29.2 Å². The normalized spacial score (nSPS) is 16.6. The molecule has 4 amide bonds. The van der Waals surface area contributed by atoms with Gasteiger partial charge in [0.05, 0.1) is 17.9 Å². The van der Waals surface area contributed by atoms with E-state index >= 15 is 0 Å². The van der Waals surface area contributed by atoms with E-state index in [2.05, 4.69) is 5.32 Å². The Kier molecular flexibility index (Phi) is 8.89. The molecule has 13 heteroatoms. The van der Waals surface area contributed by atoms with E-state index in [4.69, 9.17) is 5.73 Å².